The Bertz CT molecular complexity index is 423. The second-order valence-corrected chi connectivity index (χ2v) is 8.66. The van der Waals surface area contributed by atoms with Crippen molar-refractivity contribution in [3.63, 3.8) is 0 Å². The lowest BCUT2D eigenvalue weighted by Crippen LogP contribution is -2.57. The van der Waals surface area contributed by atoms with Gasteiger partial charge in [0.15, 0.2) is 0 Å². The third-order valence-electron chi connectivity index (χ3n) is 6.97. The van der Waals surface area contributed by atoms with E-state index in [-0.39, 0.29) is 0 Å². The number of hydrogen-bond acceptors (Lipinski definition) is 1. The van der Waals surface area contributed by atoms with Crippen LogP contribution in [-0.2, 0) is 4.74 Å². The van der Waals surface area contributed by atoms with E-state index in [0.717, 1.165) is 11.8 Å². The van der Waals surface area contributed by atoms with E-state index < -0.39 is 0 Å². The van der Waals surface area contributed by atoms with Gasteiger partial charge in [0.05, 0.1) is 26.2 Å². The third kappa shape index (κ3) is 2.89. The molecule has 2 heterocycles. The second kappa shape index (κ2) is 6.28. The summed E-state index contributed by atoms with van der Waals surface area (Å²) in [5.41, 5.74) is 1.83. The number of likely N-dealkylation sites (N-methyl/N-ethyl adjacent to an activating group) is 1. The SMILES string of the molecule is C[N+]1(C[C@@H]2O[C@@H]3CCCC[C@H]3C3=CCCC[C@H]32)CCCCC1. The molecule has 2 nitrogen and oxygen atoms in total. The van der Waals surface area contributed by atoms with E-state index in [9.17, 15) is 0 Å². The number of allylic oxidation sites excluding steroid dienone is 1. The van der Waals surface area contributed by atoms with Crippen LogP contribution in [-0.4, -0.2) is 43.4 Å². The Balaban J connectivity index is 1.53. The summed E-state index contributed by atoms with van der Waals surface area (Å²) in [6, 6.07) is 0. The maximum Gasteiger partial charge on any atom is 0.113 e. The summed E-state index contributed by atoms with van der Waals surface area (Å²) in [7, 11) is 2.49. The molecule has 1 saturated carbocycles. The van der Waals surface area contributed by atoms with Gasteiger partial charge >= 0.3 is 0 Å². The molecule has 124 valence electrons. The Morgan fingerprint density at radius 2 is 1.73 bits per heavy atom. The van der Waals surface area contributed by atoms with Gasteiger partial charge in [-0.15, -0.1) is 0 Å². The largest absolute Gasteiger partial charge is 0.368 e. The number of piperidine rings is 1. The highest BCUT2D eigenvalue weighted by molar-refractivity contribution is 5.20. The van der Waals surface area contributed by atoms with Crippen LogP contribution >= 0.6 is 0 Å². The highest BCUT2D eigenvalue weighted by Crippen LogP contribution is 2.46. The van der Waals surface area contributed by atoms with Gasteiger partial charge in [-0.25, -0.2) is 0 Å². The lowest BCUT2D eigenvalue weighted by molar-refractivity contribution is -0.917. The second-order valence-electron chi connectivity index (χ2n) is 8.66. The molecule has 2 saturated heterocycles. The van der Waals surface area contributed by atoms with Gasteiger partial charge < -0.3 is 9.22 Å². The van der Waals surface area contributed by atoms with Crippen LogP contribution in [0.3, 0.4) is 0 Å². The molecule has 3 fully saturated rings. The molecule has 2 aliphatic carbocycles. The number of rotatable bonds is 2. The van der Waals surface area contributed by atoms with Crippen molar-refractivity contribution >= 4 is 0 Å². The van der Waals surface area contributed by atoms with Gasteiger partial charge in [-0.05, 0) is 51.4 Å². The number of quaternary nitrogens is 1. The van der Waals surface area contributed by atoms with Gasteiger partial charge in [0, 0.05) is 11.8 Å². The molecule has 0 aromatic rings. The molecule has 2 heteroatoms. The summed E-state index contributed by atoms with van der Waals surface area (Å²) in [5, 5.41) is 0. The van der Waals surface area contributed by atoms with E-state index in [0.29, 0.717) is 12.2 Å². The molecular formula is C20H34NO+. The van der Waals surface area contributed by atoms with Crippen molar-refractivity contribution in [1.82, 2.24) is 0 Å². The Labute approximate surface area is 136 Å². The summed E-state index contributed by atoms with van der Waals surface area (Å²) in [6.07, 6.45) is 17.6. The summed E-state index contributed by atoms with van der Waals surface area (Å²) in [6.45, 7) is 4.02. The van der Waals surface area contributed by atoms with Crippen LogP contribution in [0.2, 0.25) is 0 Å². The first-order chi connectivity index (χ1) is 10.8. The van der Waals surface area contributed by atoms with Crippen molar-refractivity contribution in [2.24, 2.45) is 11.8 Å². The first kappa shape index (κ1) is 15.2. The van der Waals surface area contributed by atoms with Crippen molar-refractivity contribution in [1.29, 1.82) is 0 Å². The number of nitrogens with zero attached hydrogens (tertiary/aromatic N) is 1. The lowest BCUT2D eigenvalue weighted by atomic mass is 9.69. The predicted octanol–water partition coefficient (Wildman–Crippen LogP) is 4.30. The zero-order chi connectivity index (χ0) is 15.0. The van der Waals surface area contributed by atoms with E-state index in [1.165, 1.54) is 88.3 Å². The quantitative estimate of drug-likeness (QED) is 0.546. The molecule has 2 aliphatic heterocycles. The third-order valence-corrected chi connectivity index (χ3v) is 6.97. The van der Waals surface area contributed by atoms with Gasteiger partial charge in [-0.2, -0.15) is 0 Å². The molecule has 22 heavy (non-hydrogen) atoms. The number of hydrogen-bond donors (Lipinski definition) is 0. The molecule has 4 atom stereocenters. The fraction of sp³-hybridized carbons (Fsp3) is 0.900. The maximum absolute atomic E-state index is 6.77. The van der Waals surface area contributed by atoms with Gasteiger partial charge in [-0.1, -0.05) is 24.5 Å². The Morgan fingerprint density at radius 1 is 0.955 bits per heavy atom. The van der Waals surface area contributed by atoms with Crippen molar-refractivity contribution < 1.29 is 9.22 Å². The molecule has 0 bridgehead atoms. The predicted molar refractivity (Wildman–Crippen MR) is 90.7 cm³/mol. The van der Waals surface area contributed by atoms with Crippen LogP contribution < -0.4 is 0 Å². The fourth-order valence-corrected chi connectivity index (χ4v) is 5.77. The normalized spacial score (nSPS) is 41.2. The summed E-state index contributed by atoms with van der Waals surface area (Å²) < 4.78 is 8.04. The van der Waals surface area contributed by atoms with Crippen LogP contribution in [0.25, 0.3) is 0 Å². The van der Waals surface area contributed by atoms with E-state index >= 15 is 0 Å². The molecular weight excluding hydrogens is 270 g/mol. The van der Waals surface area contributed by atoms with E-state index in [1.807, 2.05) is 5.57 Å². The molecule has 0 radical (unpaired) electrons. The summed E-state index contributed by atoms with van der Waals surface area (Å²) >= 11 is 0. The van der Waals surface area contributed by atoms with Gasteiger partial charge in [-0.3, -0.25) is 0 Å². The molecule has 0 unspecified atom stereocenters. The molecule has 4 rings (SSSR count). The molecule has 4 aliphatic rings. The summed E-state index contributed by atoms with van der Waals surface area (Å²) in [4.78, 5) is 0. The monoisotopic (exact) mass is 304 g/mol. The molecule has 0 aromatic heterocycles. The summed E-state index contributed by atoms with van der Waals surface area (Å²) in [5.74, 6) is 1.53. The standard InChI is InChI=1S/C20H34NO/c1-21(13-7-2-8-14-21)15-20-18-11-4-3-9-16(18)17-10-5-6-12-19(17)22-20/h9,17-20H,2-8,10-15H2,1H3/q+1/t17-,18+,19+,20-/m0/s1. The highest BCUT2D eigenvalue weighted by Gasteiger charge is 2.45. The van der Waals surface area contributed by atoms with E-state index in [1.54, 1.807) is 0 Å². The zero-order valence-corrected chi connectivity index (χ0v) is 14.4. The van der Waals surface area contributed by atoms with Crippen LogP contribution in [0.1, 0.15) is 64.2 Å². The minimum Gasteiger partial charge on any atom is -0.368 e. The van der Waals surface area contributed by atoms with Crippen LogP contribution in [0, 0.1) is 11.8 Å². The van der Waals surface area contributed by atoms with Gasteiger partial charge in [0.25, 0.3) is 0 Å². The minimum absolute atomic E-state index is 0.508. The van der Waals surface area contributed by atoms with Gasteiger partial charge in [0.2, 0.25) is 0 Å². The lowest BCUT2D eigenvalue weighted by Gasteiger charge is -2.50. The van der Waals surface area contributed by atoms with Crippen LogP contribution in [0.15, 0.2) is 11.6 Å². The number of likely N-dealkylation sites (tertiary alicyclic amines) is 1. The zero-order valence-electron chi connectivity index (χ0n) is 14.4. The van der Waals surface area contributed by atoms with Crippen LogP contribution in [0.4, 0.5) is 0 Å². The van der Waals surface area contributed by atoms with Gasteiger partial charge in [0.1, 0.15) is 12.6 Å². The topological polar surface area (TPSA) is 9.23 Å². The highest BCUT2D eigenvalue weighted by atomic mass is 16.5. The van der Waals surface area contributed by atoms with E-state index in [2.05, 4.69) is 13.1 Å². The maximum atomic E-state index is 6.77. The first-order valence-electron chi connectivity index (χ1n) is 9.94. The fourth-order valence-electron chi connectivity index (χ4n) is 5.77. The first-order valence-corrected chi connectivity index (χ1v) is 9.94. The molecule has 0 spiro atoms. The molecule has 0 N–H and O–H groups in total. The van der Waals surface area contributed by atoms with Crippen molar-refractivity contribution in [2.75, 3.05) is 26.7 Å². The Hall–Kier alpha value is -0.340. The average Bonchev–Trinajstić information content (AvgIpc) is 2.55. The van der Waals surface area contributed by atoms with Crippen molar-refractivity contribution in [3.05, 3.63) is 11.6 Å². The molecule has 0 aromatic carbocycles. The van der Waals surface area contributed by atoms with Crippen LogP contribution in [0.5, 0.6) is 0 Å². The average molecular weight is 304 g/mol. The Morgan fingerprint density at radius 3 is 2.59 bits per heavy atom. The van der Waals surface area contributed by atoms with Crippen molar-refractivity contribution in [3.8, 4) is 0 Å². The number of ether oxygens (including phenoxy) is 1. The number of fused-ring (bicyclic) bond motifs is 3. The Kier molecular flexibility index (Phi) is 4.34. The van der Waals surface area contributed by atoms with E-state index in [4.69, 9.17) is 4.74 Å². The molecule has 0 amide bonds. The van der Waals surface area contributed by atoms with Crippen molar-refractivity contribution in [2.45, 2.75) is 76.4 Å². The minimum atomic E-state index is 0.508. The smallest absolute Gasteiger partial charge is 0.113 e.